The summed E-state index contributed by atoms with van der Waals surface area (Å²) in [5, 5.41) is 0.872. The molecule has 4 fully saturated rings. The van der Waals surface area contributed by atoms with Crippen LogP contribution in [0.25, 0.3) is 22.2 Å². The normalized spacial score (nSPS) is 26.8. The van der Waals surface area contributed by atoms with Gasteiger partial charge in [-0.15, -0.1) is 0 Å². The molecule has 4 heterocycles. The topological polar surface area (TPSA) is 119 Å². The fourth-order valence-corrected chi connectivity index (χ4v) is 9.10. The minimum absolute atomic E-state index is 0.0765. The average Bonchev–Trinajstić information content (AvgIpc) is 3.89. The Balaban J connectivity index is 1.30. The van der Waals surface area contributed by atoms with E-state index in [9.17, 15) is 31.2 Å². The maximum atomic E-state index is 14.5. The Morgan fingerprint density at radius 2 is 1.85 bits per heavy atom. The summed E-state index contributed by atoms with van der Waals surface area (Å²) in [6.45, 7) is 1.13. The van der Waals surface area contributed by atoms with E-state index < -0.39 is 39.0 Å². The number of carbonyl (C=O) groups is 2. The van der Waals surface area contributed by atoms with Gasteiger partial charge in [0.15, 0.2) is 11.5 Å². The van der Waals surface area contributed by atoms with E-state index in [1.807, 2.05) is 18.2 Å². The molecule has 1 spiro atoms. The summed E-state index contributed by atoms with van der Waals surface area (Å²) in [7, 11) is -3.37. The summed E-state index contributed by atoms with van der Waals surface area (Å²) in [6.07, 6.45) is 0.758. The first-order valence-electron chi connectivity index (χ1n) is 15.8. The third kappa shape index (κ3) is 5.02. The number of nitrogens with zero attached hydrogens (tertiary/aromatic N) is 2. The molecule has 1 aromatic heterocycles. The van der Waals surface area contributed by atoms with E-state index in [-0.39, 0.29) is 36.6 Å². The van der Waals surface area contributed by atoms with Crippen LogP contribution < -0.4 is 9.46 Å². The third-order valence-corrected chi connectivity index (χ3v) is 11.8. The van der Waals surface area contributed by atoms with Gasteiger partial charge < -0.3 is 18.8 Å². The maximum Gasteiger partial charge on any atom is 0.404 e. The zero-order chi connectivity index (χ0) is 32.9. The molecule has 2 saturated heterocycles. The molecule has 2 aliphatic carbocycles. The molecule has 3 atom stereocenters. The zero-order valence-electron chi connectivity index (χ0n) is 25.7. The number of epoxide rings is 1. The minimum atomic E-state index is -5.01. The number of hydrogen-bond acceptors (Lipinski definition) is 7. The summed E-state index contributed by atoms with van der Waals surface area (Å²) >= 11 is 0. The number of halogens is 3. The number of aromatic nitrogens is 1. The molecule has 14 heteroatoms. The number of benzene rings is 2. The molecule has 1 N–H and O–H groups in total. The first kappa shape index (κ1) is 30.7. The standard InChI is InChI=1S/C33H34F3N3O7S/c1-44-21-8-10-22-24(12-21)25-13-31(25,30(41)39-18-45-15-32(39)16-46-32)14-38-26-11-20(29(40)37-47(42,43)17-33(34,35)36)7-9-23(26)27(28(22)38)19-5-3-2-4-6-19/h7-12,19,25H,2-6,13-18H2,1H3,(H,37,40). The van der Waals surface area contributed by atoms with Crippen molar-refractivity contribution in [1.82, 2.24) is 14.2 Å². The first-order valence-corrected chi connectivity index (χ1v) is 17.5. The SMILES string of the molecule is COc1ccc2c(c1)C1CC1(C(=O)N1COCC13CO3)Cn1c-2c(C2CCCCC2)c2ccc(C(=O)NS(=O)(=O)CC(F)(F)F)cc21. The number of fused-ring (bicyclic) bond motifs is 7. The summed E-state index contributed by atoms with van der Waals surface area (Å²) in [5.74, 6) is -2.64. The lowest BCUT2D eigenvalue weighted by molar-refractivity contribution is -0.142. The van der Waals surface area contributed by atoms with Gasteiger partial charge in [-0.1, -0.05) is 25.3 Å². The zero-order valence-corrected chi connectivity index (χ0v) is 26.5. The molecule has 3 unspecified atom stereocenters. The van der Waals surface area contributed by atoms with Crippen LogP contribution in [-0.2, 0) is 30.8 Å². The van der Waals surface area contributed by atoms with Crippen molar-refractivity contribution in [3.05, 3.63) is 53.1 Å². The summed E-state index contributed by atoms with van der Waals surface area (Å²) in [4.78, 5) is 29.4. The monoisotopic (exact) mass is 673 g/mol. The molecule has 3 aliphatic heterocycles. The molecule has 250 valence electrons. The Morgan fingerprint density at radius 1 is 1.09 bits per heavy atom. The number of methoxy groups -OCH3 is 1. The lowest BCUT2D eigenvalue weighted by Gasteiger charge is -2.26. The van der Waals surface area contributed by atoms with Crippen molar-refractivity contribution in [2.45, 2.75) is 68.8 Å². The van der Waals surface area contributed by atoms with E-state index in [0.29, 0.717) is 30.9 Å². The second-order valence-electron chi connectivity index (χ2n) is 13.5. The minimum Gasteiger partial charge on any atom is -0.497 e. The number of ether oxygens (including phenoxy) is 3. The lowest BCUT2D eigenvalue weighted by Crippen LogP contribution is -2.45. The Bertz CT molecular complexity index is 1930. The van der Waals surface area contributed by atoms with Crippen LogP contribution >= 0.6 is 0 Å². The molecular formula is C33H34F3N3O7S. The van der Waals surface area contributed by atoms with Crippen molar-refractivity contribution in [3.63, 3.8) is 0 Å². The van der Waals surface area contributed by atoms with Crippen LogP contribution in [0.1, 0.15) is 71.8 Å². The summed E-state index contributed by atoms with van der Waals surface area (Å²) < 4.78 is 83.8. The summed E-state index contributed by atoms with van der Waals surface area (Å²) in [6, 6.07) is 10.7. The van der Waals surface area contributed by atoms with Crippen LogP contribution in [0.3, 0.4) is 0 Å². The molecule has 10 nitrogen and oxygen atoms in total. The Morgan fingerprint density at radius 3 is 2.55 bits per heavy atom. The van der Waals surface area contributed by atoms with E-state index in [2.05, 4.69) is 4.57 Å². The van der Waals surface area contributed by atoms with Crippen LogP contribution in [0.15, 0.2) is 36.4 Å². The van der Waals surface area contributed by atoms with Gasteiger partial charge in [0.1, 0.15) is 19.1 Å². The largest absolute Gasteiger partial charge is 0.497 e. The van der Waals surface area contributed by atoms with Gasteiger partial charge >= 0.3 is 6.18 Å². The third-order valence-electron chi connectivity index (χ3n) is 10.6. The number of hydrogen-bond donors (Lipinski definition) is 1. The van der Waals surface area contributed by atoms with Gasteiger partial charge in [0, 0.05) is 34.5 Å². The van der Waals surface area contributed by atoms with E-state index >= 15 is 0 Å². The quantitative estimate of drug-likeness (QED) is 0.365. The van der Waals surface area contributed by atoms with Gasteiger partial charge in [-0.05, 0) is 66.6 Å². The van der Waals surface area contributed by atoms with E-state index in [1.165, 1.54) is 12.1 Å². The van der Waals surface area contributed by atoms with Crippen molar-refractivity contribution in [2.75, 3.05) is 32.8 Å². The van der Waals surface area contributed by atoms with Gasteiger partial charge in [0.2, 0.25) is 15.9 Å². The highest BCUT2D eigenvalue weighted by atomic mass is 32.2. The fourth-order valence-electron chi connectivity index (χ4n) is 8.20. The molecular weight excluding hydrogens is 639 g/mol. The number of amides is 2. The van der Waals surface area contributed by atoms with E-state index in [1.54, 1.807) is 22.8 Å². The fraction of sp³-hybridized carbons (Fsp3) is 0.515. The van der Waals surface area contributed by atoms with Gasteiger partial charge in [-0.2, -0.15) is 13.2 Å². The molecule has 2 aromatic carbocycles. The molecule has 8 rings (SSSR count). The Labute approximate surface area is 269 Å². The van der Waals surface area contributed by atoms with Crippen molar-refractivity contribution < 1.29 is 45.4 Å². The number of carbonyl (C=O) groups excluding carboxylic acids is 2. The van der Waals surface area contributed by atoms with Crippen molar-refractivity contribution in [2.24, 2.45) is 5.41 Å². The van der Waals surface area contributed by atoms with Gasteiger partial charge in [0.25, 0.3) is 5.91 Å². The molecule has 3 aromatic rings. The molecule has 2 saturated carbocycles. The summed E-state index contributed by atoms with van der Waals surface area (Å²) in [5.41, 5.74) is 2.96. The number of sulfonamides is 1. The average molecular weight is 674 g/mol. The predicted octanol–water partition coefficient (Wildman–Crippen LogP) is 5.02. The lowest BCUT2D eigenvalue weighted by atomic mass is 9.81. The molecule has 5 aliphatic rings. The van der Waals surface area contributed by atoms with Crippen LogP contribution in [0.2, 0.25) is 0 Å². The smallest absolute Gasteiger partial charge is 0.404 e. The molecule has 2 amide bonds. The number of alkyl halides is 3. The van der Waals surface area contributed by atoms with Crippen molar-refractivity contribution in [1.29, 1.82) is 0 Å². The van der Waals surface area contributed by atoms with Crippen molar-refractivity contribution >= 4 is 32.7 Å². The van der Waals surface area contributed by atoms with Gasteiger partial charge in [-0.25, -0.2) is 13.1 Å². The van der Waals surface area contributed by atoms with E-state index in [0.717, 1.165) is 59.9 Å². The van der Waals surface area contributed by atoms with E-state index in [4.69, 9.17) is 14.2 Å². The first-order chi connectivity index (χ1) is 22.3. The highest BCUT2D eigenvalue weighted by Gasteiger charge is 2.68. The molecule has 0 radical (unpaired) electrons. The second kappa shape index (κ2) is 10.4. The van der Waals surface area contributed by atoms with Gasteiger partial charge in [0.05, 0.1) is 24.8 Å². The van der Waals surface area contributed by atoms with Crippen LogP contribution in [0.4, 0.5) is 13.2 Å². The Kier molecular flexibility index (Phi) is 6.82. The van der Waals surface area contributed by atoms with Gasteiger partial charge in [-0.3, -0.25) is 14.5 Å². The second-order valence-corrected chi connectivity index (χ2v) is 15.3. The predicted molar refractivity (Wildman–Crippen MR) is 163 cm³/mol. The highest BCUT2D eigenvalue weighted by molar-refractivity contribution is 7.90. The maximum absolute atomic E-state index is 14.5. The van der Waals surface area contributed by atoms with Crippen LogP contribution in [0, 0.1) is 5.41 Å². The number of nitrogens with one attached hydrogen (secondary N) is 1. The van der Waals surface area contributed by atoms with Crippen LogP contribution in [-0.4, -0.2) is 74.4 Å². The van der Waals surface area contributed by atoms with Crippen molar-refractivity contribution in [3.8, 4) is 17.0 Å². The highest BCUT2D eigenvalue weighted by Crippen LogP contribution is 2.67. The van der Waals surface area contributed by atoms with Crippen LogP contribution in [0.5, 0.6) is 5.75 Å². The Hall–Kier alpha value is -3.62. The molecule has 0 bridgehead atoms. The molecule has 47 heavy (non-hydrogen) atoms. The number of rotatable bonds is 6.